The summed E-state index contributed by atoms with van der Waals surface area (Å²) >= 11 is 16.9. The average Bonchev–Trinajstić information content (AvgIpc) is 2.18. The van der Waals surface area contributed by atoms with E-state index in [1.807, 2.05) is 0 Å². The van der Waals surface area contributed by atoms with Crippen molar-refractivity contribution in [1.82, 2.24) is 5.32 Å². The Morgan fingerprint density at radius 1 is 1.40 bits per heavy atom. The minimum absolute atomic E-state index is 0.227. The first kappa shape index (κ1) is 12.4. The molecule has 1 amide bonds. The van der Waals surface area contributed by atoms with E-state index in [2.05, 4.69) is 5.32 Å². The molecule has 0 unspecified atom stereocenters. The predicted octanol–water partition coefficient (Wildman–Crippen LogP) is 3.45. The standard InChI is InChI=1S/C9H8Cl3NO2/c1-15-8-3-6(10)5(2-7(8)11)4-13-9(12)14/h2-3H,4H2,1H3,(H,13,14). The fraction of sp³-hybridized carbons (Fsp3) is 0.222. The highest BCUT2D eigenvalue weighted by Gasteiger charge is 2.08. The van der Waals surface area contributed by atoms with Crippen molar-refractivity contribution in [2.24, 2.45) is 0 Å². The lowest BCUT2D eigenvalue weighted by Crippen LogP contribution is -2.15. The van der Waals surface area contributed by atoms with E-state index in [0.717, 1.165) is 0 Å². The molecule has 1 rings (SSSR count). The van der Waals surface area contributed by atoms with Crippen LogP contribution < -0.4 is 10.1 Å². The molecule has 0 aromatic heterocycles. The van der Waals surface area contributed by atoms with Gasteiger partial charge >= 0.3 is 5.37 Å². The lowest BCUT2D eigenvalue weighted by atomic mass is 10.2. The third-order valence-corrected chi connectivity index (χ3v) is 2.52. The van der Waals surface area contributed by atoms with Crippen LogP contribution in [0.25, 0.3) is 0 Å². The lowest BCUT2D eigenvalue weighted by Gasteiger charge is -2.08. The summed E-state index contributed by atoms with van der Waals surface area (Å²) in [6.45, 7) is 0.227. The molecule has 1 N–H and O–H groups in total. The van der Waals surface area contributed by atoms with Gasteiger partial charge in [-0.2, -0.15) is 0 Å². The summed E-state index contributed by atoms with van der Waals surface area (Å²) in [5, 5.41) is 2.66. The minimum atomic E-state index is -0.641. The predicted molar refractivity (Wildman–Crippen MR) is 61.1 cm³/mol. The Balaban J connectivity index is 2.90. The van der Waals surface area contributed by atoms with Crippen molar-refractivity contribution in [1.29, 1.82) is 0 Å². The van der Waals surface area contributed by atoms with E-state index in [4.69, 9.17) is 39.5 Å². The monoisotopic (exact) mass is 267 g/mol. The van der Waals surface area contributed by atoms with E-state index in [-0.39, 0.29) is 6.54 Å². The summed E-state index contributed by atoms with van der Waals surface area (Å²) < 4.78 is 4.98. The first-order valence-electron chi connectivity index (χ1n) is 4.00. The molecule has 0 spiro atoms. The Morgan fingerprint density at radius 2 is 2.07 bits per heavy atom. The average molecular weight is 269 g/mol. The number of ether oxygens (including phenoxy) is 1. The zero-order chi connectivity index (χ0) is 11.4. The molecular formula is C9H8Cl3NO2. The van der Waals surface area contributed by atoms with Gasteiger partial charge in [-0.1, -0.05) is 23.2 Å². The van der Waals surface area contributed by atoms with Crippen LogP contribution in [0.5, 0.6) is 5.75 Å². The van der Waals surface area contributed by atoms with E-state index in [1.54, 1.807) is 12.1 Å². The van der Waals surface area contributed by atoms with Crippen molar-refractivity contribution in [3.8, 4) is 5.75 Å². The summed E-state index contributed by atoms with van der Waals surface area (Å²) in [7, 11) is 1.50. The second kappa shape index (κ2) is 5.45. The highest BCUT2D eigenvalue weighted by atomic mass is 35.5. The topological polar surface area (TPSA) is 38.3 Å². The van der Waals surface area contributed by atoms with Crippen molar-refractivity contribution in [2.75, 3.05) is 7.11 Å². The Labute approximate surface area is 102 Å². The lowest BCUT2D eigenvalue weighted by molar-refractivity contribution is 0.259. The van der Waals surface area contributed by atoms with Gasteiger partial charge in [-0.15, -0.1) is 0 Å². The molecule has 0 saturated carbocycles. The number of carbonyl (C=O) groups is 1. The van der Waals surface area contributed by atoms with Crippen LogP contribution >= 0.6 is 34.8 Å². The first-order valence-corrected chi connectivity index (χ1v) is 5.13. The minimum Gasteiger partial charge on any atom is -0.495 e. The smallest absolute Gasteiger partial charge is 0.314 e. The van der Waals surface area contributed by atoms with E-state index in [0.29, 0.717) is 21.4 Å². The molecule has 0 bridgehead atoms. The van der Waals surface area contributed by atoms with E-state index in [1.165, 1.54) is 7.11 Å². The molecule has 1 aromatic rings. The number of halogens is 3. The van der Waals surface area contributed by atoms with Crippen molar-refractivity contribution in [3.63, 3.8) is 0 Å². The van der Waals surface area contributed by atoms with E-state index in [9.17, 15) is 4.79 Å². The Bertz CT molecular complexity index is 382. The molecule has 0 radical (unpaired) electrons. The summed E-state index contributed by atoms with van der Waals surface area (Å²) in [4.78, 5) is 10.5. The summed E-state index contributed by atoms with van der Waals surface area (Å²) in [5.74, 6) is 0.489. The van der Waals surface area contributed by atoms with Gasteiger partial charge in [0.05, 0.1) is 12.1 Å². The quantitative estimate of drug-likeness (QED) is 0.673. The molecule has 1 aromatic carbocycles. The molecule has 0 aliphatic rings. The van der Waals surface area contributed by atoms with E-state index >= 15 is 0 Å². The molecule has 0 saturated heterocycles. The number of hydrogen-bond donors (Lipinski definition) is 1. The molecular weight excluding hydrogens is 260 g/mol. The Morgan fingerprint density at radius 3 is 2.60 bits per heavy atom. The van der Waals surface area contributed by atoms with Gasteiger partial charge in [-0.05, 0) is 23.2 Å². The van der Waals surface area contributed by atoms with Gasteiger partial charge in [0.1, 0.15) is 5.75 Å². The van der Waals surface area contributed by atoms with Crippen LogP contribution in [0.4, 0.5) is 4.79 Å². The fourth-order valence-electron chi connectivity index (χ4n) is 1.03. The Hall–Kier alpha value is -0.640. The maximum Gasteiger partial charge on any atom is 0.314 e. The van der Waals surface area contributed by atoms with Crippen molar-refractivity contribution in [2.45, 2.75) is 6.54 Å². The SMILES string of the molecule is COc1cc(Cl)c(CNC(=O)Cl)cc1Cl. The second-order valence-electron chi connectivity index (χ2n) is 2.71. The summed E-state index contributed by atoms with van der Waals surface area (Å²) in [6.07, 6.45) is 0. The molecule has 0 aliphatic heterocycles. The largest absolute Gasteiger partial charge is 0.495 e. The third-order valence-electron chi connectivity index (χ3n) is 1.74. The highest BCUT2D eigenvalue weighted by Crippen LogP contribution is 2.30. The van der Waals surface area contributed by atoms with Crippen molar-refractivity contribution >= 4 is 40.2 Å². The molecule has 0 heterocycles. The molecule has 0 aliphatic carbocycles. The number of hydrogen-bond acceptors (Lipinski definition) is 2. The van der Waals surface area contributed by atoms with E-state index < -0.39 is 5.37 Å². The van der Waals surface area contributed by atoms with Crippen LogP contribution in [0.2, 0.25) is 10.0 Å². The number of methoxy groups -OCH3 is 1. The second-order valence-corrected chi connectivity index (χ2v) is 3.86. The number of amides is 1. The zero-order valence-corrected chi connectivity index (χ0v) is 10.1. The van der Waals surface area contributed by atoms with Crippen LogP contribution in [0.15, 0.2) is 12.1 Å². The van der Waals surface area contributed by atoms with Crippen LogP contribution in [0, 0.1) is 0 Å². The van der Waals surface area contributed by atoms with Gasteiger partial charge in [0.2, 0.25) is 0 Å². The molecule has 82 valence electrons. The van der Waals surface area contributed by atoms with Gasteiger partial charge < -0.3 is 10.1 Å². The van der Waals surface area contributed by atoms with Gasteiger partial charge in [0.25, 0.3) is 0 Å². The molecule has 6 heteroatoms. The van der Waals surface area contributed by atoms with Crippen LogP contribution in [0.1, 0.15) is 5.56 Å². The van der Waals surface area contributed by atoms with Crippen LogP contribution in [-0.4, -0.2) is 12.5 Å². The van der Waals surface area contributed by atoms with Gasteiger partial charge in [0.15, 0.2) is 0 Å². The van der Waals surface area contributed by atoms with Gasteiger partial charge in [0, 0.05) is 17.6 Å². The summed E-state index contributed by atoms with van der Waals surface area (Å²) in [6, 6.07) is 3.20. The number of rotatable bonds is 3. The van der Waals surface area contributed by atoms with Crippen molar-refractivity contribution in [3.05, 3.63) is 27.7 Å². The fourth-order valence-corrected chi connectivity index (χ4v) is 1.58. The van der Waals surface area contributed by atoms with Gasteiger partial charge in [-0.3, -0.25) is 4.79 Å². The molecule has 0 atom stereocenters. The molecule has 15 heavy (non-hydrogen) atoms. The highest BCUT2D eigenvalue weighted by molar-refractivity contribution is 6.62. The number of carbonyl (C=O) groups excluding carboxylic acids is 1. The molecule has 3 nitrogen and oxygen atoms in total. The normalized spacial score (nSPS) is 9.87. The maximum atomic E-state index is 10.5. The third kappa shape index (κ3) is 3.45. The zero-order valence-electron chi connectivity index (χ0n) is 7.81. The van der Waals surface area contributed by atoms with Crippen molar-refractivity contribution < 1.29 is 9.53 Å². The number of benzene rings is 1. The van der Waals surface area contributed by atoms with Crippen LogP contribution in [-0.2, 0) is 6.54 Å². The summed E-state index contributed by atoms with van der Waals surface area (Å²) in [5.41, 5.74) is 0.677. The Kier molecular flexibility index (Phi) is 4.51. The first-order chi connectivity index (χ1) is 7.04. The maximum absolute atomic E-state index is 10.5. The number of nitrogens with one attached hydrogen (secondary N) is 1. The van der Waals surface area contributed by atoms with Crippen LogP contribution in [0.3, 0.4) is 0 Å². The van der Waals surface area contributed by atoms with Gasteiger partial charge in [-0.25, -0.2) is 0 Å². The molecule has 0 fully saturated rings.